The molecule has 1 heterocycles. The van der Waals surface area contributed by atoms with Crippen molar-refractivity contribution in [2.45, 2.75) is 13.0 Å². The van der Waals surface area contributed by atoms with Crippen LogP contribution in [0.25, 0.3) is 0 Å². The topological polar surface area (TPSA) is 68.5 Å². The second kappa shape index (κ2) is 5.33. The Balaban J connectivity index is 2.22. The molecule has 0 atom stereocenters. The summed E-state index contributed by atoms with van der Waals surface area (Å²) in [6.45, 7) is 1.18. The molecule has 0 fully saturated rings. The van der Waals surface area contributed by atoms with E-state index in [1.807, 2.05) is 11.9 Å². The van der Waals surface area contributed by atoms with Gasteiger partial charge in [0.2, 0.25) is 6.39 Å². The lowest BCUT2D eigenvalue weighted by Crippen LogP contribution is -2.22. The average molecular weight is 199 g/mol. The summed E-state index contributed by atoms with van der Waals surface area (Å²) in [6, 6.07) is 0. The molecule has 0 radical (unpaired) electrons. The molecule has 0 amide bonds. The highest BCUT2D eigenvalue weighted by Gasteiger charge is 2.06. The lowest BCUT2D eigenvalue weighted by atomic mass is 10.4. The molecule has 0 aliphatic heterocycles. The van der Waals surface area contributed by atoms with Crippen molar-refractivity contribution < 1.29 is 14.1 Å². The first kappa shape index (κ1) is 10.6. The summed E-state index contributed by atoms with van der Waals surface area (Å²) in [5, 5.41) is 3.66. The molecule has 78 valence electrons. The maximum Gasteiger partial charge on any atom is 0.306 e. The Kier molecular flexibility index (Phi) is 4.06. The smallest absolute Gasteiger partial charge is 0.306 e. The third-order valence-corrected chi connectivity index (χ3v) is 1.74. The van der Waals surface area contributed by atoms with E-state index in [-0.39, 0.29) is 5.97 Å². The molecular weight excluding hydrogens is 186 g/mol. The van der Waals surface area contributed by atoms with Crippen molar-refractivity contribution in [2.24, 2.45) is 0 Å². The second-order valence-electron chi connectivity index (χ2n) is 2.91. The lowest BCUT2D eigenvalue weighted by molar-refractivity contribution is -0.140. The number of nitrogens with zero attached hydrogens (tertiary/aromatic N) is 3. The molecule has 1 aromatic heterocycles. The van der Waals surface area contributed by atoms with Crippen LogP contribution < -0.4 is 0 Å². The standard InChI is InChI=1S/C8H13N3O3/c1-11(4-3-8(12)13-2)5-7-9-6-14-10-7/h6H,3-5H2,1-2H3. The van der Waals surface area contributed by atoms with Crippen LogP contribution in [-0.4, -0.2) is 41.7 Å². The predicted molar refractivity (Wildman–Crippen MR) is 47.3 cm³/mol. The minimum atomic E-state index is -0.218. The zero-order chi connectivity index (χ0) is 10.4. The van der Waals surface area contributed by atoms with Crippen molar-refractivity contribution in [1.82, 2.24) is 15.0 Å². The zero-order valence-corrected chi connectivity index (χ0v) is 8.27. The molecule has 0 bridgehead atoms. The van der Waals surface area contributed by atoms with Crippen molar-refractivity contribution in [3.8, 4) is 0 Å². The Morgan fingerprint density at radius 3 is 3.07 bits per heavy atom. The summed E-state index contributed by atoms with van der Waals surface area (Å²) in [5.41, 5.74) is 0. The SMILES string of the molecule is COC(=O)CCN(C)Cc1ncon1. The van der Waals surface area contributed by atoms with Gasteiger partial charge in [0.05, 0.1) is 20.1 Å². The number of methoxy groups -OCH3 is 1. The fourth-order valence-electron chi connectivity index (χ4n) is 0.967. The van der Waals surface area contributed by atoms with Crippen LogP contribution in [-0.2, 0) is 16.1 Å². The number of hydrogen-bond acceptors (Lipinski definition) is 6. The molecule has 0 N–H and O–H groups in total. The average Bonchev–Trinajstić information content (AvgIpc) is 2.66. The Morgan fingerprint density at radius 1 is 1.71 bits per heavy atom. The summed E-state index contributed by atoms with van der Waals surface area (Å²) in [5.74, 6) is 0.391. The molecule has 1 rings (SSSR count). The van der Waals surface area contributed by atoms with Gasteiger partial charge in [0.25, 0.3) is 0 Å². The first-order chi connectivity index (χ1) is 6.72. The predicted octanol–water partition coefficient (Wildman–Crippen LogP) is 0.0645. The molecule has 0 saturated heterocycles. The normalized spacial score (nSPS) is 10.5. The second-order valence-corrected chi connectivity index (χ2v) is 2.91. The lowest BCUT2D eigenvalue weighted by Gasteiger charge is -2.12. The summed E-state index contributed by atoms with van der Waals surface area (Å²) in [6.07, 6.45) is 1.65. The van der Waals surface area contributed by atoms with E-state index < -0.39 is 0 Å². The van der Waals surface area contributed by atoms with Gasteiger partial charge in [0.15, 0.2) is 5.82 Å². The quantitative estimate of drug-likeness (QED) is 0.625. The van der Waals surface area contributed by atoms with Crippen molar-refractivity contribution in [1.29, 1.82) is 0 Å². The molecule has 6 nitrogen and oxygen atoms in total. The van der Waals surface area contributed by atoms with Crippen molar-refractivity contribution in [2.75, 3.05) is 20.7 Å². The monoisotopic (exact) mass is 199 g/mol. The molecule has 0 saturated carbocycles. The summed E-state index contributed by atoms with van der Waals surface area (Å²) in [4.78, 5) is 16.6. The number of carbonyl (C=O) groups is 1. The molecule has 6 heteroatoms. The summed E-state index contributed by atoms with van der Waals surface area (Å²) < 4.78 is 9.10. The van der Waals surface area contributed by atoms with Gasteiger partial charge in [-0.15, -0.1) is 0 Å². The summed E-state index contributed by atoms with van der Waals surface area (Å²) in [7, 11) is 3.25. The van der Waals surface area contributed by atoms with Gasteiger partial charge in [-0.05, 0) is 7.05 Å². The van der Waals surface area contributed by atoms with E-state index in [1.54, 1.807) is 0 Å². The molecular formula is C8H13N3O3. The number of aromatic nitrogens is 2. The van der Waals surface area contributed by atoms with Crippen LogP contribution >= 0.6 is 0 Å². The third-order valence-electron chi connectivity index (χ3n) is 1.74. The van der Waals surface area contributed by atoms with Gasteiger partial charge in [0, 0.05) is 6.54 Å². The maximum atomic E-state index is 10.8. The highest BCUT2D eigenvalue weighted by molar-refractivity contribution is 5.69. The Morgan fingerprint density at radius 2 is 2.50 bits per heavy atom. The highest BCUT2D eigenvalue weighted by Crippen LogP contribution is 1.97. The van der Waals surface area contributed by atoms with E-state index in [9.17, 15) is 4.79 Å². The van der Waals surface area contributed by atoms with Gasteiger partial charge in [0.1, 0.15) is 0 Å². The number of carbonyl (C=O) groups excluding carboxylic acids is 1. The molecule has 0 unspecified atom stereocenters. The van der Waals surface area contributed by atoms with Crippen LogP contribution in [0, 0.1) is 0 Å². The third kappa shape index (κ3) is 3.53. The Hall–Kier alpha value is -1.43. The van der Waals surface area contributed by atoms with E-state index in [4.69, 9.17) is 0 Å². The number of ether oxygens (including phenoxy) is 1. The van der Waals surface area contributed by atoms with Gasteiger partial charge in [-0.2, -0.15) is 4.98 Å². The first-order valence-electron chi connectivity index (χ1n) is 4.23. The van der Waals surface area contributed by atoms with Crippen LogP contribution in [0.5, 0.6) is 0 Å². The zero-order valence-electron chi connectivity index (χ0n) is 8.27. The Bertz CT molecular complexity index is 273. The van der Waals surface area contributed by atoms with Gasteiger partial charge < -0.3 is 9.26 Å². The molecule has 0 spiro atoms. The fourth-order valence-corrected chi connectivity index (χ4v) is 0.967. The molecule has 0 aliphatic carbocycles. The van der Waals surface area contributed by atoms with E-state index in [0.29, 0.717) is 25.3 Å². The van der Waals surface area contributed by atoms with Crippen LogP contribution in [0.3, 0.4) is 0 Å². The fraction of sp³-hybridized carbons (Fsp3) is 0.625. The highest BCUT2D eigenvalue weighted by atomic mass is 16.5. The van der Waals surface area contributed by atoms with Crippen molar-refractivity contribution in [3.05, 3.63) is 12.2 Å². The van der Waals surface area contributed by atoms with E-state index >= 15 is 0 Å². The molecule has 1 aromatic rings. The van der Waals surface area contributed by atoms with Crippen molar-refractivity contribution in [3.63, 3.8) is 0 Å². The van der Waals surface area contributed by atoms with Crippen molar-refractivity contribution >= 4 is 5.97 Å². The van der Waals surface area contributed by atoms with Crippen LogP contribution in [0.1, 0.15) is 12.2 Å². The number of hydrogen-bond donors (Lipinski definition) is 0. The molecule has 0 aromatic carbocycles. The number of esters is 1. The van der Waals surface area contributed by atoms with Crippen LogP contribution in [0.15, 0.2) is 10.9 Å². The summed E-state index contributed by atoms with van der Waals surface area (Å²) >= 11 is 0. The van der Waals surface area contributed by atoms with Gasteiger partial charge in [-0.25, -0.2) is 0 Å². The van der Waals surface area contributed by atoms with E-state index in [1.165, 1.54) is 13.5 Å². The van der Waals surface area contributed by atoms with E-state index in [2.05, 4.69) is 19.4 Å². The van der Waals surface area contributed by atoms with Gasteiger partial charge in [-0.1, -0.05) is 5.16 Å². The number of rotatable bonds is 5. The van der Waals surface area contributed by atoms with Gasteiger partial charge >= 0.3 is 5.97 Å². The largest absolute Gasteiger partial charge is 0.469 e. The first-order valence-corrected chi connectivity index (χ1v) is 4.23. The minimum absolute atomic E-state index is 0.218. The molecule has 14 heavy (non-hydrogen) atoms. The van der Waals surface area contributed by atoms with Crippen LogP contribution in [0.4, 0.5) is 0 Å². The molecule has 0 aliphatic rings. The van der Waals surface area contributed by atoms with Crippen LogP contribution in [0.2, 0.25) is 0 Å². The minimum Gasteiger partial charge on any atom is -0.469 e. The van der Waals surface area contributed by atoms with Gasteiger partial charge in [-0.3, -0.25) is 9.69 Å². The van der Waals surface area contributed by atoms with E-state index in [0.717, 1.165) is 0 Å². The maximum absolute atomic E-state index is 10.8. The Labute approximate surface area is 81.8 Å².